The summed E-state index contributed by atoms with van der Waals surface area (Å²) >= 11 is 0. The molecule has 1 aliphatic heterocycles. The molecule has 1 aliphatic rings. The molecule has 1 saturated heterocycles. The van der Waals surface area contributed by atoms with Gasteiger partial charge in [0.1, 0.15) is 11.8 Å². The van der Waals surface area contributed by atoms with E-state index in [1.807, 2.05) is 31.2 Å². The Bertz CT molecular complexity index is 499. The van der Waals surface area contributed by atoms with Crippen molar-refractivity contribution in [1.82, 2.24) is 4.90 Å². The molecule has 2 rings (SSSR count). The van der Waals surface area contributed by atoms with E-state index >= 15 is 0 Å². The van der Waals surface area contributed by atoms with Gasteiger partial charge in [-0.15, -0.1) is 0 Å². The van der Waals surface area contributed by atoms with Crippen LogP contribution in [0.2, 0.25) is 0 Å². The van der Waals surface area contributed by atoms with E-state index in [-0.39, 0.29) is 18.2 Å². The number of nitrogens with one attached hydrogen (secondary N) is 1. The van der Waals surface area contributed by atoms with Crippen LogP contribution in [0.4, 0.5) is 5.69 Å². The molecule has 0 aliphatic carbocycles. The van der Waals surface area contributed by atoms with E-state index in [1.54, 1.807) is 0 Å². The van der Waals surface area contributed by atoms with Gasteiger partial charge in [-0.1, -0.05) is 13.8 Å². The highest BCUT2D eigenvalue weighted by Gasteiger charge is 2.37. The molecule has 0 bridgehead atoms. The molecular formula is C16H22N2O3. The van der Waals surface area contributed by atoms with E-state index in [2.05, 4.69) is 12.2 Å². The third-order valence-corrected chi connectivity index (χ3v) is 3.36. The summed E-state index contributed by atoms with van der Waals surface area (Å²) in [5.41, 5.74) is 0.823. The van der Waals surface area contributed by atoms with Gasteiger partial charge in [0, 0.05) is 12.2 Å². The highest BCUT2D eigenvalue weighted by Crippen LogP contribution is 2.21. The molecule has 1 aromatic carbocycles. The zero-order chi connectivity index (χ0) is 15.2. The molecule has 1 fully saturated rings. The number of nitrogens with zero attached hydrogens (tertiary/aromatic N) is 1. The van der Waals surface area contributed by atoms with E-state index < -0.39 is 6.04 Å². The van der Waals surface area contributed by atoms with Crippen molar-refractivity contribution in [3.63, 3.8) is 0 Å². The molecule has 1 N–H and O–H groups in total. The highest BCUT2D eigenvalue weighted by molar-refractivity contribution is 6.06. The van der Waals surface area contributed by atoms with Gasteiger partial charge in [-0.2, -0.15) is 0 Å². The van der Waals surface area contributed by atoms with Crippen LogP contribution in [0.5, 0.6) is 5.75 Å². The van der Waals surface area contributed by atoms with Crippen LogP contribution in [0.15, 0.2) is 24.3 Å². The van der Waals surface area contributed by atoms with Crippen molar-refractivity contribution < 1.29 is 14.3 Å². The smallest absolute Gasteiger partial charge is 0.252 e. The minimum absolute atomic E-state index is 0.0951. The molecule has 0 radical (unpaired) electrons. The number of benzene rings is 1. The topological polar surface area (TPSA) is 58.6 Å². The molecule has 0 spiro atoms. The van der Waals surface area contributed by atoms with Gasteiger partial charge in [-0.3, -0.25) is 14.5 Å². The SMILES string of the molecule is CCCOc1ccc(NC2CC(=O)N(CCC)C2=O)cc1. The van der Waals surface area contributed by atoms with Gasteiger partial charge >= 0.3 is 0 Å². The first-order chi connectivity index (χ1) is 10.2. The van der Waals surface area contributed by atoms with Gasteiger partial charge in [-0.05, 0) is 37.1 Å². The predicted octanol–water partition coefficient (Wildman–Crippen LogP) is 2.42. The summed E-state index contributed by atoms with van der Waals surface area (Å²) < 4.78 is 5.51. The van der Waals surface area contributed by atoms with Crippen molar-refractivity contribution in [3.05, 3.63) is 24.3 Å². The Hall–Kier alpha value is -2.04. The number of imide groups is 1. The van der Waals surface area contributed by atoms with Crippen molar-refractivity contribution in [1.29, 1.82) is 0 Å². The summed E-state index contributed by atoms with van der Waals surface area (Å²) in [5, 5.41) is 3.13. The average Bonchev–Trinajstić information content (AvgIpc) is 2.75. The molecule has 0 aromatic heterocycles. The lowest BCUT2D eigenvalue weighted by Gasteiger charge is -2.15. The Kier molecular flexibility index (Phi) is 5.20. The van der Waals surface area contributed by atoms with Crippen LogP contribution in [0.25, 0.3) is 0 Å². The zero-order valence-electron chi connectivity index (χ0n) is 12.6. The maximum Gasteiger partial charge on any atom is 0.252 e. The fourth-order valence-corrected chi connectivity index (χ4v) is 2.32. The maximum atomic E-state index is 12.1. The van der Waals surface area contributed by atoms with Crippen molar-refractivity contribution in [3.8, 4) is 5.75 Å². The van der Waals surface area contributed by atoms with Crippen LogP contribution < -0.4 is 10.1 Å². The van der Waals surface area contributed by atoms with Gasteiger partial charge in [0.2, 0.25) is 5.91 Å². The van der Waals surface area contributed by atoms with Gasteiger partial charge in [0.05, 0.1) is 13.0 Å². The second-order valence-electron chi connectivity index (χ2n) is 5.16. The first-order valence-corrected chi connectivity index (χ1v) is 7.49. The molecular weight excluding hydrogens is 268 g/mol. The Morgan fingerprint density at radius 1 is 1.19 bits per heavy atom. The minimum atomic E-state index is -0.452. The zero-order valence-corrected chi connectivity index (χ0v) is 12.6. The molecule has 5 nitrogen and oxygen atoms in total. The maximum absolute atomic E-state index is 12.1. The summed E-state index contributed by atoms with van der Waals surface area (Å²) in [7, 11) is 0. The summed E-state index contributed by atoms with van der Waals surface area (Å²) in [6.45, 7) is 5.20. The third-order valence-electron chi connectivity index (χ3n) is 3.36. The molecule has 1 heterocycles. The third kappa shape index (κ3) is 3.74. The van der Waals surface area contributed by atoms with E-state index in [4.69, 9.17) is 4.74 Å². The molecule has 21 heavy (non-hydrogen) atoms. The molecule has 5 heteroatoms. The fourth-order valence-electron chi connectivity index (χ4n) is 2.32. The minimum Gasteiger partial charge on any atom is -0.494 e. The fraction of sp³-hybridized carbons (Fsp3) is 0.500. The van der Waals surface area contributed by atoms with Crippen LogP contribution in [-0.4, -0.2) is 35.9 Å². The quantitative estimate of drug-likeness (QED) is 0.784. The Labute approximate surface area is 125 Å². The first-order valence-electron chi connectivity index (χ1n) is 7.49. The second kappa shape index (κ2) is 7.11. The number of anilines is 1. The normalized spacial score (nSPS) is 18.2. The first kappa shape index (κ1) is 15.4. The number of carbonyl (C=O) groups excluding carboxylic acids is 2. The lowest BCUT2D eigenvalue weighted by molar-refractivity contribution is -0.138. The van der Waals surface area contributed by atoms with Crippen molar-refractivity contribution in [2.24, 2.45) is 0 Å². The van der Waals surface area contributed by atoms with Crippen LogP contribution >= 0.6 is 0 Å². The molecule has 0 saturated carbocycles. The summed E-state index contributed by atoms with van der Waals surface area (Å²) in [6, 6.07) is 7.01. The highest BCUT2D eigenvalue weighted by atomic mass is 16.5. The molecule has 1 aromatic rings. The number of hydrogen-bond donors (Lipinski definition) is 1. The standard InChI is InChI=1S/C16H22N2O3/c1-3-9-18-15(19)11-14(16(18)20)17-12-5-7-13(8-6-12)21-10-4-2/h5-8,14,17H,3-4,9-11H2,1-2H3. The summed E-state index contributed by atoms with van der Waals surface area (Å²) in [4.78, 5) is 25.3. The van der Waals surface area contributed by atoms with Crippen LogP contribution in [0, 0.1) is 0 Å². The van der Waals surface area contributed by atoms with E-state index in [0.717, 1.165) is 24.3 Å². The summed E-state index contributed by atoms with van der Waals surface area (Å²) in [6.07, 6.45) is 1.98. The van der Waals surface area contributed by atoms with Gasteiger partial charge in [0.15, 0.2) is 0 Å². The second-order valence-corrected chi connectivity index (χ2v) is 5.16. The number of rotatable bonds is 7. The van der Waals surface area contributed by atoms with Gasteiger partial charge < -0.3 is 10.1 Å². The van der Waals surface area contributed by atoms with Crippen molar-refractivity contribution in [2.45, 2.75) is 39.2 Å². The molecule has 1 unspecified atom stereocenters. The lowest BCUT2D eigenvalue weighted by atomic mass is 10.2. The Morgan fingerprint density at radius 2 is 1.90 bits per heavy atom. The van der Waals surface area contributed by atoms with E-state index in [0.29, 0.717) is 13.2 Å². The van der Waals surface area contributed by atoms with Crippen molar-refractivity contribution in [2.75, 3.05) is 18.5 Å². The lowest BCUT2D eigenvalue weighted by Crippen LogP contribution is -2.35. The summed E-state index contributed by atoms with van der Waals surface area (Å²) in [5.74, 6) is 0.583. The van der Waals surface area contributed by atoms with Gasteiger partial charge in [-0.25, -0.2) is 0 Å². The monoisotopic (exact) mass is 290 g/mol. The van der Waals surface area contributed by atoms with Crippen molar-refractivity contribution >= 4 is 17.5 Å². The number of hydrogen-bond acceptors (Lipinski definition) is 4. The van der Waals surface area contributed by atoms with E-state index in [1.165, 1.54) is 4.90 Å². The molecule has 2 amide bonds. The number of amides is 2. The van der Waals surface area contributed by atoms with Crippen LogP contribution in [0.3, 0.4) is 0 Å². The van der Waals surface area contributed by atoms with E-state index in [9.17, 15) is 9.59 Å². The van der Waals surface area contributed by atoms with Crippen LogP contribution in [0.1, 0.15) is 33.1 Å². The average molecular weight is 290 g/mol. The Morgan fingerprint density at radius 3 is 2.52 bits per heavy atom. The molecule has 114 valence electrons. The van der Waals surface area contributed by atoms with Gasteiger partial charge in [0.25, 0.3) is 5.91 Å². The Balaban J connectivity index is 1.95. The number of likely N-dealkylation sites (tertiary alicyclic amines) is 1. The largest absolute Gasteiger partial charge is 0.494 e. The molecule has 1 atom stereocenters. The number of carbonyl (C=O) groups is 2. The predicted molar refractivity (Wildman–Crippen MR) is 81.3 cm³/mol. The number of ether oxygens (including phenoxy) is 1. The van der Waals surface area contributed by atoms with Crippen LogP contribution in [-0.2, 0) is 9.59 Å².